The van der Waals surface area contributed by atoms with E-state index in [1.807, 2.05) is 44.2 Å². The maximum absolute atomic E-state index is 12.4. The van der Waals surface area contributed by atoms with Crippen molar-refractivity contribution < 1.29 is 19.4 Å². The number of benzene rings is 2. The molecule has 0 fully saturated rings. The molecule has 2 aromatic carbocycles. The maximum Gasteiger partial charge on any atom is 0.326 e. The Morgan fingerprint density at radius 2 is 1.71 bits per heavy atom. The van der Waals surface area contributed by atoms with Crippen molar-refractivity contribution in [2.75, 3.05) is 7.11 Å². The Kier molecular flexibility index (Phi) is 5.58. The van der Waals surface area contributed by atoms with E-state index in [0.29, 0.717) is 5.56 Å². The molecule has 2 N–H and O–H groups in total. The van der Waals surface area contributed by atoms with E-state index in [9.17, 15) is 14.7 Å². The summed E-state index contributed by atoms with van der Waals surface area (Å²) in [6.07, 6.45) is 0.232. The zero-order valence-corrected chi connectivity index (χ0v) is 14.0. The molecule has 1 amide bonds. The van der Waals surface area contributed by atoms with Crippen LogP contribution < -0.4 is 10.1 Å². The fraction of sp³-hybridized carbons (Fsp3) is 0.263. The lowest BCUT2D eigenvalue weighted by Crippen LogP contribution is -2.42. The number of methoxy groups -OCH3 is 1. The summed E-state index contributed by atoms with van der Waals surface area (Å²) in [6, 6.07) is 11.6. The van der Waals surface area contributed by atoms with Crippen LogP contribution in [0.15, 0.2) is 42.5 Å². The van der Waals surface area contributed by atoms with Crippen molar-refractivity contribution in [3.05, 3.63) is 64.7 Å². The van der Waals surface area contributed by atoms with Gasteiger partial charge >= 0.3 is 5.97 Å². The second-order valence-electron chi connectivity index (χ2n) is 5.70. The van der Waals surface area contributed by atoms with Crippen LogP contribution in [0.25, 0.3) is 0 Å². The number of aryl methyl sites for hydroxylation is 2. The lowest BCUT2D eigenvalue weighted by atomic mass is 10.0. The summed E-state index contributed by atoms with van der Waals surface area (Å²) in [5.74, 6) is -0.744. The highest BCUT2D eigenvalue weighted by Gasteiger charge is 2.22. The van der Waals surface area contributed by atoms with Crippen LogP contribution in [0.1, 0.15) is 27.0 Å². The molecular formula is C19H21NO4. The quantitative estimate of drug-likeness (QED) is 0.855. The van der Waals surface area contributed by atoms with Gasteiger partial charge in [-0.05, 0) is 42.7 Å². The van der Waals surface area contributed by atoms with Crippen molar-refractivity contribution in [2.45, 2.75) is 26.3 Å². The second-order valence-corrected chi connectivity index (χ2v) is 5.70. The first-order valence-electron chi connectivity index (χ1n) is 7.65. The summed E-state index contributed by atoms with van der Waals surface area (Å²) < 4.78 is 5.28. The molecule has 0 aromatic heterocycles. The molecule has 0 aliphatic carbocycles. The standard InChI is InChI=1S/C19H21NO4/c1-12-9-15(10-13(2)17(12)24-3)18(21)20-16(19(22)23)11-14-7-5-4-6-8-14/h4-10,16H,11H2,1-3H3,(H,20,21)(H,22,23). The molecule has 5 heteroatoms. The molecule has 1 unspecified atom stereocenters. The summed E-state index contributed by atoms with van der Waals surface area (Å²) >= 11 is 0. The zero-order chi connectivity index (χ0) is 17.7. The largest absolute Gasteiger partial charge is 0.496 e. The predicted octanol–water partition coefficient (Wildman–Crippen LogP) is 2.74. The van der Waals surface area contributed by atoms with E-state index in [4.69, 9.17) is 4.74 Å². The number of carboxylic acids is 1. The fourth-order valence-electron chi connectivity index (χ4n) is 2.69. The van der Waals surface area contributed by atoms with Gasteiger partial charge in [0.05, 0.1) is 7.11 Å². The lowest BCUT2D eigenvalue weighted by Gasteiger charge is -2.16. The Bertz CT molecular complexity index is 717. The molecule has 0 saturated carbocycles. The second kappa shape index (κ2) is 7.64. The minimum atomic E-state index is -1.06. The third-order valence-corrected chi connectivity index (χ3v) is 3.81. The molecule has 0 aliphatic heterocycles. The Balaban J connectivity index is 2.18. The average molecular weight is 327 g/mol. The molecule has 5 nitrogen and oxygen atoms in total. The van der Waals surface area contributed by atoms with Gasteiger partial charge in [-0.25, -0.2) is 4.79 Å². The van der Waals surface area contributed by atoms with Gasteiger partial charge in [-0.15, -0.1) is 0 Å². The summed E-state index contributed by atoms with van der Waals surface area (Å²) in [5, 5.41) is 12.0. The molecule has 0 bridgehead atoms. The van der Waals surface area contributed by atoms with Crippen LogP contribution in [0.2, 0.25) is 0 Å². The van der Waals surface area contributed by atoms with Gasteiger partial charge in [0.15, 0.2) is 0 Å². The number of hydrogen-bond donors (Lipinski definition) is 2. The Morgan fingerprint density at radius 1 is 1.12 bits per heavy atom. The monoisotopic (exact) mass is 327 g/mol. The smallest absolute Gasteiger partial charge is 0.326 e. The number of rotatable bonds is 6. The van der Waals surface area contributed by atoms with Gasteiger partial charge in [0, 0.05) is 12.0 Å². The summed E-state index contributed by atoms with van der Waals surface area (Å²) in [7, 11) is 1.58. The first kappa shape index (κ1) is 17.5. The van der Waals surface area contributed by atoms with Gasteiger partial charge in [-0.3, -0.25) is 4.79 Å². The number of carboxylic acid groups (broad SMARTS) is 1. The molecule has 0 spiro atoms. The molecule has 1 atom stereocenters. The number of amides is 1. The molecule has 0 heterocycles. The minimum Gasteiger partial charge on any atom is -0.496 e. The summed E-state index contributed by atoms with van der Waals surface area (Å²) in [4.78, 5) is 23.9. The van der Waals surface area contributed by atoms with Crippen molar-refractivity contribution >= 4 is 11.9 Å². The zero-order valence-electron chi connectivity index (χ0n) is 14.0. The van der Waals surface area contributed by atoms with Gasteiger partial charge in [0.25, 0.3) is 5.91 Å². The van der Waals surface area contributed by atoms with Crippen molar-refractivity contribution in [3.8, 4) is 5.75 Å². The highest BCUT2D eigenvalue weighted by atomic mass is 16.5. The topological polar surface area (TPSA) is 75.6 Å². The third kappa shape index (κ3) is 4.13. The summed E-state index contributed by atoms with van der Waals surface area (Å²) in [6.45, 7) is 3.70. The predicted molar refractivity (Wildman–Crippen MR) is 91.5 cm³/mol. The van der Waals surface area contributed by atoms with E-state index < -0.39 is 17.9 Å². The molecule has 2 aromatic rings. The molecule has 0 radical (unpaired) electrons. The number of ether oxygens (including phenoxy) is 1. The molecule has 126 valence electrons. The van der Waals surface area contributed by atoms with E-state index in [1.165, 1.54) is 0 Å². The SMILES string of the molecule is COc1c(C)cc(C(=O)NC(Cc2ccccc2)C(=O)O)cc1C. The number of carbonyl (C=O) groups excluding carboxylic acids is 1. The van der Waals surface area contributed by atoms with E-state index in [0.717, 1.165) is 22.4 Å². The number of aliphatic carboxylic acids is 1. The van der Waals surface area contributed by atoms with Crippen LogP contribution in [-0.4, -0.2) is 30.1 Å². The number of nitrogens with one attached hydrogen (secondary N) is 1. The van der Waals surface area contributed by atoms with Gasteiger partial charge in [0.2, 0.25) is 0 Å². The number of carbonyl (C=O) groups is 2. The van der Waals surface area contributed by atoms with Gasteiger partial charge in [0.1, 0.15) is 11.8 Å². The van der Waals surface area contributed by atoms with E-state index in [-0.39, 0.29) is 6.42 Å². The average Bonchev–Trinajstić information content (AvgIpc) is 2.54. The number of hydrogen-bond acceptors (Lipinski definition) is 3. The Labute approximate surface area is 141 Å². The molecular weight excluding hydrogens is 306 g/mol. The van der Waals surface area contributed by atoms with Gasteiger partial charge < -0.3 is 15.2 Å². The molecule has 0 aliphatic rings. The highest BCUT2D eigenvalue weighted by Crippen LogP contribution is 2.24. The van der Waals surface area contributed by atoms with Crippen LogP contribution in [0.5, 0.6) is 5.75 Å². The molecule has 0 saturated heterocycles. The van der Waals surface area contributed by atoms with E-state index in [2.05, 4.69) is 5.32 Å². The highest BCUT2D eigenvalue weighted by molar-refractivity contribution is 5.97. The van der Waals surface area contributed by atoms with Crippen LogP contribution >= 0.6 is 0 Å². The Hall–Kier alpha value is -2.82. The van der Waals surface area contributed by atoms with Gasteiger partial charge in [-0.2, -0.15) is 0 Å². The van der Waals surface area contributed by atoms with Crippen LogP contribution in [-0.2, 0) is 11.2 Å². The first-order chi connectivity index (χ1) is 11.4. The van der Waals surface area contributed by atoms with Crippen molar-refractivity contribution in [3.63, 3.8) is 0 Å². The van der Waals surface area contributed by atoms with E-state index in [1.54, 1.807) is 19.2 Å². The van der Waals surface area contributed by atoms with E-state index >= 15 is 0 Å². The molecule has 24 heavy (non-hydrogen) atoms. The normalized spacial score (nSPS) is 11.6. The van der Waals surface area contributed by atoms with Crippen molar-refractivity contribution in [1.82, 2.24) is 5.32 Å². The third-order valence-electron chi connectivity index (χ3n) is 3.81. The molecule has 2 rings (SSSR count). The fourth-order valence-corrected chi connectivity index (χ4v) is 2.69. The van der Waals surface area contributed by atoms with Crippen LogP contribution in [0.3, 0.4) is 0 Å². The van der Waals surface area contributed by atoms with Crippen molar-refractivity contribution in [1.29, 1.82) is 0 Å². The Morgan fingerprint density at radius 3 is 2.21 bits per heavy atom. The van der Waals surface area contributed by atoms with Crippen LogP contribution in [0, 0.1) is 13.8 Å². The summed E-state index contributed by atoms with van der Waals surface area (Å²) in [5.41, 5.74) is 2.94. The maximum atomic E-state index is 12.4. The van der Waals surface area contributed by atoms with Crippen molar-refractivity contribution in [2.24, 2.45) is 0 Å². The lowest BCUT2D eigenvalue weighted by molar-refractivity contribution is -0.139. The first-order valence-corrected chi connectivity index (χ1v) is 7.65. The van der Waals surface area contributed by atoms with Gasteiger partial charge in [-0.1, -0.05) is 30.3 Å². The van der Waals surface area contributed by atoms with Crippen LogP contribution in [0.4, 0.5) is 0 Å². The minimum absolute atomic E-state index is 0.232.